The van der Waals surface area contributed by atoms with E-state index in [1.165, 1.54) is 0 Å². The molecule has 106 valence electrons. The van der Waals surface area contributed by atoms with E-state index < -0.39 is 0 Å². The normalized spacial score (nSPS) is 16.9. The monoisotopic (exact) mass is 353 g/mol. The Kier molecular flexibility index (Phi) is 4.67. The SMILES string of the molecule is Clc1ccc2c(c1)c([As])nn2CCCN1CCOCC1. The van der Waals surface area contributed by atoms with Gasteiger partial charge >= 0.3 is 132 Å². The van der Waals surface area contributed by atoms with Crippen molar-refractivity contribution >= 4 is 43.8 Å². The van der Waals surface area contributed by atoms with Crippen molar-refractivity contribution in [1.29, 1.82) is 0 Å². The molecule has 1 fully saturated rings. The summed E-state index contributed by atoms with van der Waals surface area (Å²) >= 11 is 8.57. The number of hydrogen-bond donors (Lipinski definition) is 0. The van der Waals surface area contributed by atoms with Crippen LogP contribution < -0.4 is 4.48 Å². The fraction of sp³-hybridized carbons (Fsp3) is 0.500. The zero-order chi connectivity index (χ0) is 13.9. The fourth-order valence-electron chi connectivity index (χ4n) is 2.57. The summed E-state index contributed by atoms with van der Waals surface area (Å²) in [4.78, 5) is 2.45. The Hall–Kier alpha value is -0.542. The van der Waals surface area contributed by atoms with Crippen LogP contribution in [0.15, 0.2) is 18.2 Å². The van der Waals surface area contributed by atoms with Gasteiger partial charge in [0.1, 0.15) is 0 Å². The molecule has 2 heterocycles. The second kappa shape index (κ2) is 6.48. The van der Waals surface area contributed by atoms with E-state index in [2.05, 4.69) is 37.6 Å². The number of benzene rings is 1. The molecule has 0 amide bonds. The number of nitrogens with zero attached hydrogens (tertiary/aromatic N) is 3. The van der Waals surface area contributed by atoms with Crippen molar-refractivity contribution in [2.45, 2.75) is 13.0 Å². The van der Waals surface area contributed by atoms with Gasteiger partial charge in [-0.15, -0.1) is 0 Å². The molecule has 1 saturated heterocycles. The average molecular weight is 354 g/mol. The summed E-state index contributed by atoms with van der Waals surface area (Å²) < 4.78 is 8.43. The van der Waals surface area contributed by atoms with Crippen LogP contribution in [0.25, 0.3) is 10.9 Å². The molecule has 0 spiro atoms. The summed E-state index contributed by atoms with van der Waals surface area (Å²) in [5.74, 6) is 0. The molecule has 0 saturated carbocycles. The minimum atomic E-state index is 0.762. The first-order chi connectivity index (χ1) is 9.74. The van der Waals surface area contributed by atoms with Crippen molar-refractivity contribution in [3.05, 3.63) is 23.2 Å². The van der Waals surface area contributed by atoms with Crippen LogP contribution in [0.5, 0.6) is 0 Å². The molecule has 1 aromatic carbocycles. The Labute approximate surface area is 132 Å². The van der Waals surface area contributed by atoms with Crippen LogP contribution in [0.4, 0.5) is 0 Å². The van der Waals surface area contributed by atoms with E-state index >= 15 is 0 Å². The van der Waals surface area contributed by atoms with Gasteiger partial charge in [-0.25, -0.2) is 0 Å². The van der Waals surface area contributed by atoms with E-state index in [9.17, 15) is 0 Å². The first kappa shape index (κ1) is 14.4. The Morgan fingerprint density at radius 2 is 2.05 bits per heavy atom. The zero-order valence-corrected chi connectivity index (χ0v) is 13.9. The Balaban J connectivity index is 1.65. The number of aromatic nitrogens is 2. The van der Waals surface area contributed by atoms with Gasteiger partial charge in [-0.3, -0.25) is 0 Å². The summed E-state index contributed by atoms with van der Waals surface area (Å²) in [7, 11) is 0. The van der Waals surface area contributed by atoms with Crippen LogP contribution in [0.2, 0.25) is 5.02 Å². The summed E-state index contributed by atoms with van der Waals surface area (Å²) in [6, 6.07) is 5.96. The third-order valence-electron chi connectivity index (χ3n) is 3.64. The van der Waals surface area contributed by atoms with Crippen LogP contribution in [0.1, 0.15) is 6.42 Å². The number of hydrogen-bond acceptors (Lipinski definition) is 3. The molecule has 0 unspecified atom stereocenters. The number of halogens is 1. The Morgan fingerprint density at radius 1 is 1.25 bits per heavy atom. The summed E-state index contributed by atoms with van der Waals surface area (Å²) in [5.41, 5.74) is 1.16. The molecule has 6 heteroatoms. The maximum absolute atomic E-state index is 6.04. The van der Waals surface area contributed by atoms with Crippen LogP contribution in [0.3, 0.4) is 0 Å². The second-order valence-electron chi connectivity index (χ2n) is 5.02. The second-order valence-corrected chi connectivity index (χ2v) is 6.34. The molecule has 3 rings (SSSR count). The first-order valence-electron chi connectivity index (χ1n) is 6.89. The number of fused-ring (bicyclic) bond motifs is 1. The zero-order valence-electron chi connectivity index (χ0n) is 11.3. The minimum absolute atomic E-state index is 0.762. The van der Waals surface area contributed by atoms with Gasteiger partial charge in [0, 0.05) is 0 Å². The van der Waals surface area contributed by atoms with Crippen LogP contribution in [-0.2, 0) is 11.3 Å². The average Bonchev–Trinajstić information content (AvgIpc) is 2.76. The van der Waals surface area contributed by atoms with Crippen LogP contribution >= 0.6 is 11.6 Å². The molecule has 20 heavy (non-hydrogen) atoms. The van der Waals surface area contributed by atoms with Crippen molar-refractivity contribution in [3.63, 3.8) is 0 Å². The van der Waals surface area contributed by atoms with Crippen molar-refractivity contribution in [2.75, 3.05) is 32.8 Å². The van der Waals surface area contributed by atoms with Gasteiger partial charge in [0.05, 0.1) is 0 Å². The van der Waals surface area contributed by atoms with Gasteiger partial charge < -0.3 is 0 Å². The van der Waals surface area contributed by atoms with Gasteiger partial charge in [0.15, 0.2) is 0 Å². The maximum atomic E-state index is 6.04. The molecule has 1 aliphatic heterocycles. The molecule has 1 aliphatic rings. The number of rotatable bonds is 4. The van der Waals surface area contributed by atoms with E-state index in [-0.39, 0.29) is 0 Å². The molecule has 2 radical (unpaired) electrons. The van der Waals surface area contributed by atoms with E-state index in [4.69, 9.17) is 16.3 Å². The first-order valence-corrected chi connectivity index (χ1v) is 8.21. The summed E-state index contributed by atoms with van der Waals surface area (Å²) in [6.45, 7) is 5.86. The van der Waals surface area contributed by atoms with Crippen molar-refractivity contribution in [1.82, 2.24) is 14.7 Å². The predicted octanol–water partition coefficient (Wildman–Crippen LogP) is 1.21. The molecule has 0 N–H and O–H groups in total. The van der Waals surface area contributed by atoms with Crippen molar-refractivity contribution in [3.8, 4) is 0 Å². The van der Waals surface area contributed by atoms with Gasteiger partial charge in [-0.05, 0) is 0 Å². The molecule has 2 aromatic rings. The predicted molar refractivity (Wildman–Crippen MR) is 82.0 cm³/mol. The topological polar surface area (TPSA) is 30.3 Å². The molecule has 4 nitrogen and oxygen atoms in total. The van der Waals surface area contributed by atoms with Crippen molar-refractivity contribution < 1.29 is 4.74 Å². The summed E-state index contributed by atoms with van der Waals surface area (Å²) in [5, 5.41) is 6.49. The Morgan fingerprint density at radius 3 is 2.85 bits per heavy atom. The van der Waals surface area contributed by atoms with Gasteiger partial charge in [-0.2, -0.15) is 0 Å². The fourth-order valence-corrected chi connectivity index (χ4v) is 3.35. The standard InChI is InChI=1S/C14H17AsClN3O/c15-14-12-10-11(16)2-3-13(12)19(17-14)5-1-4-18-6-8-20-9-7-18/h2-3,10H,1,4-9H2. The molecule has 1 aromatic heterocycles. The van der Waals surface area contributed by atoms with Crippen LogP contribution in [0, 0.1) is 0 Å². The molecular formula is C14H17AsClN3O. The van der Waals surface area contributed by atoms with Gasteiger partial charge in [0.2, 0.25) is 0 Å². The molecule has 0 aliphatic carbocycles. The third-order valence-corrected chi connectivity index (χ3v) is 4.57. The van der Waals surface area contributed by atoms with E-state index in [0.717, 1.165) is 66.2 Å². The number of morpholine rings is 1. The van der Waals surface area contributed by atoms with E-state index in [0.29, 0.717) is 0 Å². The van der Waals surface area contributed by atoms with Crippen LogP contribution in [-0.4, -0.2) is 64.4 Å². The van der Waals surface area contributed by atoms with Gasteiger partial charge in [-0.1, -0.05) is 0 Å². The van der Waals surface area contributed by atoms with E-state index in [1.807, 2.05) is 12.1 Å². The Bertz CT molecular complexity index is 595. The molecular weight excluding hydrogens is 337 g/mol. The van der Waals surface area contributed by atoms with Gasteiger partial charge in [0.25, 0.3) is 0 Å². The number of ether oxygens (including phenoxy) is 1. The third kappa shape index (κ3) is 3.20. The molecule has 0 atom stereocenters. The van der Waals surface area contributed by atoms with Crippen molar-refractivity contribution in [2.24, 2.45) is 0 Å². The quantitative estimate of drug-likeness (QED) is 0.774. The summed E-state index contributed by atoms with van der Waals surface area (Å²) in [6.07, 6.45) is 1.10. The van der Waals surface area contributed by atoms with E-state index in [1.54, 1.807) is 0 Å². The number of aryl methyl sites for hydroxylation is 1. The molecule has 0 bridgehead atoms.